The number of hydrogen-bond donors (Lipinski definition) is 4. The van der Waals surface area contributed by atoms with E-state index in [0.717, 1.165) is 0 Å². The number of Topliss-reactive ketones (excluding diaryl/α,β-unsaturated/α-hetero) is 1. The van der Waals surface area contributed by atoms with Crippen molar-refractivity contribution in [1.29, 1.82) is 0 Å². The highest BCUT2D eigenvalue weighted by Gasteiger charge is 2.48. The summed E-state index contributed by atoms with van der Waals surface area (Å²) in [7, 11) is 0. The summed E-state index contributed by atoms with van der Waals surface area (Å²) in [6.07, 6.45) is -7.83. The van der Waals surface area contributed by atoms with Crippen molar-refractivity contribution in [3.05, 3.63) is 0 Å². The highest BCUT2D eigenvalue weighted by Crippen LogP contribution is 2.21. The summed E-state index contributed by atoms with van der Waals surface area (Å²) in [4.78, 5) is 22.2. The second-order valence-electron chi connectivity index (χ2n) is 3.99. The summed E-state index contributed by atoms with van der Waals surface area (Å²) in [5.74, 6) is -1.69. The molecule has 98 valence electrons. The van der Waals surface area contributed by atoms with Gasteiger partial charge in [-0.25, -0.2) is 4.79 Å². The van der Waals surface area contributed by atoms with Gasteiger partial charge in [-0.05, 0) is 6.42 Å². The molecule has 0 bridgehead atoms. The Labute approximate surface area is 97.6 Å². The highest BCUT2D eigenvalue weighted by atomic mass is 16.6. The Morgan fingerprint density at radius 3 is 2.41 bits per heavy atom. The Morgan fingerprint density at radius 2 is 2.00 bits per heavy atom. The van der Waals surface area contributed by atoms with E-state index in [1.165, 1.54) is 0 Å². The summed E-state index contributed by atoms with van der Waals surface area (Å²) in [5.41, 5.74) is 0. The fraction of sp³-hybridized carbons (Fsp3) is 0.800. The molecule has 1 fully saturated rings. The first kappa shape index (κ1) is 14.0. The van der Waals surface area contributed by atoms with Gasteiger partial charge in [0.25, 0.3) is 0 Å². The molecule has 1 heterocycles. The minimum atomic E-state index is -1.76. The zero-order chi connectivity index (χ0) is 13.2. The number of esters is 1. The van der Waals surface area contributed by atoms with E-state index in [4.69, 9.17) is 5.11 Å². The molecule has 0 amide bonds. The number of rotatable bonds is 5. The van der Waals surface area contributed by atoms with Crippen LogP contribution in [-0.4, -0.2) is 62.7 Å². The van der Waals surface area contributed by atoms with E-state index in [1.54, 1.807) is 6.92 Å². The van der Waals surface area contributed by atoms with Gasteiger partial charge in [0.15, 0.2) is 18.0 Å². The molecular weight excluding hydrogens is 232 g/mol. The van der Waals surface area contributed by atoms with Crippen LogP contribution >= 0.6 is 0 Å². The minimum Gasteiger partial charge on any atom is -0.455 e. The zero-order valence-electron chi connectivity index (χ0n) is 9.31. The molecule has 0 aromatic heterocycles. The van der Waals surface area contributed by atoms with Gasteiger partial charge in [-0.15, -0.1) is 0 Å². The third-order valence-electron chi connectivity index (χ3n) is 2.64. The Bertz CT molecular complexity index is 303. The first-order valence-electron chi connectivity index (χ1n) is 5.35. The van der Waals surface area contributed by atoms with Gasteiger partial charge in [0, 0.05) is 6.42 Å². The Hall–Kier alpha value is -1.02. The van der Waals surface area contributed by atoms with Crippen molar-refractivity contribution in [1.82, 2.24) is 0 Å². The van der Waals surface area contributed by atoms with Gasteiger partial charge in [-0.3, -0.25) is 4.79 Å². The number of aliphatic hydroxyl groups excluding tert-OH is 4. The number of ketones is 1. The lowest BCUT2D eigenvalue weighted by molar-refractivity contribution is -0.157. The normalized spacial score (nSPS) is 32.1. The molecule has 1 aliphatic heterocycles. The van der Waals surface area contributed by atoms with Crippen LogP contribution in [0, 0.1) is 0 Å². The van der Waals surface area contributed by atoms with Crippen molar-refractivity contribution in [2.24, 2.45) is 0 Å². The molecule has 7 nitrogen and oxygen atoms in total. The lowest BCUT2D eigenvalue weighted by Gasteiger charge is -2.23. The summed E-state index contributed by atoms with van der Waals surface area (Å²) >= 11 is 0. The van der Waals surface area contributed by atoms with Gasteiger partial charge in [0.05, 0.1) is 0 Å². The van der Waals surface area contributed by atoms with Gasteiger partial charge in [0.2, 0.25) is 0 Å². The van der Waals surface area contributed by atoms with Crippen LogP contribution < -0.4 is 0 Å². The Morgan fingerprint density at radius 1 is 1.41 bits per heavy atom. The van der Waals surface area contributed by atoms with Crippen molar-refractivity contribution < 1.29 is 34.8 Å². The van der Waals surface area contributed by atoms with Gasteiger partial charge in [0.1, 0.15) is 18.3 Å². The minimum absolute atomic E-state index is 0.0670. The summed E-state index contributed by atoms with van der Waals surface area (Å²) in [6.45, 7) is 1.73. The van der Waals surface area contributed by atoms with Crippen LogP contribution in [0.1, 0.15) is 19.8 Å². The highest BCUT2D eigenvalue weighted by molar-refractivity contribution is 5.84. The molecule has 0 aromatic carbocycles. The molecule has 17 heavy (non-hydrogen) atoms. The molecule has 0 aliphatic carbocycles. The number of cyclic esters (lactones) is 1. The van der Waals surface area contributed by atoms with Crippen molar-refractivity contribution in [2.45, 2.75) is 50.3 Å². The van der Waals surface area contributed by atoms with Gasteiger partial charge < -0.3 is 25.2 Å². The molecule has 1 aliphatic rings. The van der Waals surface area contributed by atoms with E-state index < -0.39 is 42.3 Å². The average molecular weight is 248 g/mol. The van der Waals surface area contributed by atoms with E-state index in [-0.39, 0.29) is 6.42 Å². The second-order valence-corrected chi connectivity index (χ2v) is 3.99. The van der Waals surface area contributed by atoms with Crippen LogP contribution in [0.25, 0.3) is 0 Å². The monoisotopic (exact) mass is 248 g/mol. The quantitative estimate of drug-likeness (QED) is 0.404. The number of aliphatic hydroxyl groups is 4. The second kappa shape index (κ2) is 5.54. The molecule has 0 aromatic rings. The first-order chi connectivity index (χ1) is 7.90. The SMILES string of the molecule is CCCC(=O)C(O)[C@@H](O)[C@@H]1OC(=O)[C@H](O)[C@H]1O. The van der Waals surface area contributed by atoms with Crippen molar-refractivity contribution in [3.8, 4) is 0 Å². The number of carbonyl (C=O) groups is 2. The van der Waals surface area contributed by atoms with Crippen LogP contribution in [0.2, 0.25) is 0 Å². The third kappa shape index (κ3) is 2.81. The smallest absolute Gasteiger partial charge is 0.338 e. The maximum atomic E-state index is 11.3. The molecule has 0 saturated carbocycles. The molecule has 1 unspecified atom stereocenters. The fourth-order valence-electron chi connectivity index (χ4n) is 1.63. The Balaban J connectivity index is 2.67. The van der Waals surface area contributed by atoms with Crippen LogP contribution in [0.4, 0.5) is 0 Å². The van der Waals surface area contributed by atoms with Crippen molar-refractivity contribution in [2.75, 3.05) is 0 Å². The van der Waals surface area contributed by atoms with E-state index in [1.807, 2.05) is 0 Å². The Kier molecular flexibility index (Phi) is 4.58. The standard InChI is InChI=1S/C10H16O7/c1-2-3-4(11)5(12)6(13)9-7(14)8(15)10(16)17-9/h5-9,12-15H,2-3H2,1H3/t5?,6-,7-,8-,9+/m1/s1. The van der Waals surface area contributed by atoms with Crippen LogP contribution in [0.5, 0.6) is 0 Å². The maximum absolute atomic E-state index is 11.3. The molecule has 7 heteroatoms. The zero-order valence-corrected chi connectivity index (χ0v) is 9.31. The number of hydrogen-bond acceptors (Lipinski definition) is 7. The molecular formula is C10H16O7. The van der Waals surface area contributed by atoms with Gasteiger partial charge in [-0.1, -0.05) is 6.92 Å². The molecule has 1 rings (SSSR count). The average Bonchev–Trinajstić information content (AvgIpc) is 2.55. The summed E-state index contributed by atoms with van der Waals surface area (Å²) in [6, 6.07) is 0. The van der Waals surface area contributed by atoms with Gasteiger partial charge >= 0.3 is 5.97 Å². The molecule has 1 saturated heterocycles. The van der Waals surface area contributed by atoms with Crippen molar-refractivity contribution in [3.63, 3.8) is 0 Å². The van der Waals surface area contributed by atoms with Crippen LogP contribution in [0.3, 0.4) is 0 Å². The first-order valence-corrected chi connectivity index (χ1v) is 5.35. The van der Waals surface area contributed by atoms with E-state index in [9.17, 15) is 24.9 Å². The summed E-state index contributed by atoms with van der Waals surface area (Å²) in [5, 5.41) is 37.6. The molecule has 0 spiro atoms. The third-order valence-corrected chi connectivity index (χ3v) is 2.64. The van der Waals surface area contributed by atoms with E-state index >= 15 is 0 Å². The fourth-order valence-corrected chi connectivity index (χ4v) is 1.63. The largest absolute Gasteiger partial charge is 0.455 e. The van der Waals surface area contributed by atoms with Crippen LogP contribution in [-0.2, 0) is 14.3 Å². The van der Waals surface area contributed by atoms with E-state index in [0.29, 0.717) is 6.42 Å². The molecule has 4 N–H and O–H groups in total. The number of ether oxygens (including phenoxy) is 1. The van der Waals surface area contributed by atoms with Crippen LogP contribution in [0.15, 0.2) is 0 Å². The predicted octanol–water partition coefficient (Wildman–Crippen LogP) is -2.28. The lowest BCUT2D eigenvalue weighted by Crippen LogP contribution is -2.47. The maximum Gasteiger partial charge on any atom is 0.338 e. The topological polar surface area (TPSA) is 124 Å². The predicted molar refractivity (Wildman–Crippen MR) is 53.8 cm³/mol. The van der Waals surface area contributed by atoms with Gasteiger partial charge in [-0.2, -0.15) is 0 Å². The molecule has 0 radical (unpaired) electrons. The molecule has 5 atom stereocenters. The number of carbonyl (C=O) groups excluding carboxylic acids is 2. The van der Waals surface area contributed by atoms with Crippen molar-refractivity contribution >= 4 is 11.8 Å². The summed E-state index contributed by atoms with van der Waals surface area (Å²) < 4.78 is 4.50. The van der Waals surface area contributed by atoms with E-state index in [2.05, 4.69) is 4.74 Å². The lowest BCUT2D eigenvalue weighted by atomic mass is 9.97.